The van der Waals surface area contributed by atoms with E-state index in [1.165, 1.54) is 83.5 Å². The molecule has 0 aliphatic rings. The van der Waals surface area contributed by atoms with Crippen molar-refractivity contribution in [2.24, 2.45) is 5.92 Å². The van der Waals surface area contributed by atoms with Gasteiger partial charge in [-0.1, -0.05) is 104 Å². The first kappa shape index (κ1) is 23.5. The number of hydrogen-bond donors (Lipinski definition) is 0. The number of esters is 1. The lowest BCUT2D eigenvalue weighted by molar-refractivity contribution is -0.144. The second-order valence-electron chi connectivity index (χ2n) is 7.75. The maximum atomic E-state index is 11.5. The normalized spacial score (nSPS) is 11.2. The minimum atomic E-state index is -0.00501. The molecule has 2 nitrogen and oxygen atoms in total. The zero-order chi connectivity index (χ0) is 17.9. The van der Waals surface area contributed by atoms with Crippen molar-refractivity contribution in [1.82, 2.24) is 0 Å². The van der Waals surface area contributed by atoms with Crippen LogP contribution in [0.2, 0.25) is 0 Å². The summed E-state index contributed by atoms with van der Waals surface area (Å²) in [7, 11) is 0. The van der Waals surface area contributed by atoms with E-state index in [1.54, 1.807) is 0 Å². The fourth-order valence-electron chi connectivity index (χ4n) is 2.94. The summed E-state index contributed by atoms with van der Waals surface area (Å²) in [5.41, 5.74) is 0. The number of carbonyl (C=O) groups is 1. The van der Waals surface area contributed by atoms with Crippen molar-refractivity contribution in [2.75, 3.05) is 6.61 Å². The van der Waals surface area contributed by atoms with Crippen LogP contribution in [0.4, 0.5) is 0 Å². The van der Waals surface area contributed by atoms with Gasteiger partial charge in [-0.15, -0.1) is 0 Å². The third-order valence-electron chi connectivity index (χ3n) is 4.69. The van der Waals surface area contributed by atoms with Crippen molar-refractivity contribution in [3.8, 4) is 0 Å². The van der Waals surface area contributed by atoms with Crippen LogP contribution in [-0.4, -0.2) is 12.6 Å². The highest BCUT2D eigenvalue weighted by Crippen LogP contribution is 2.13. The lowest BCUT2D eigenvalue weighted by Gasteiger charge is -2.06. The van der Waals surface area contributed by atoms with Gasteiger partial charge in [-0.3, -0.25) is 4.79 Å². The molecule has 2 heteroatoms. The summed E-state index contributed by atoms with van der Waals surface area (Å²) in [6.07, 6.45) is 20.5. The Morgan fingerprint density at radius 2 is 1.12 bits per heavy atom. The smallest absolute Gasteiger partial charge is 0.305 e. The van der Waals surface area contributed by atoms with E-state index in [0.717, 1.165) is 12.8 Å². The van der Waals surface area contributed by atoms with Crippen molar-refractivity contribution in [3.05, 3.63) is 0 Å². The Hall–Kier alpha value is -0.530. The van der Waals surface area contributed by atoms with E-state index in [-0.39, 0.29) is 5.97 Å². The first-order chi connectivity index (χ1) is 11.7. The van der Waals surface area contributed by atoms with E-state index in [9.17, 15) is 4.79 Å². The maximum absolute atomic E-state index is 11.5. The SMILES string of the molecule is CCCCCCCCCCCCCCCCC(=O)OCCC(C)C. The van der Waals surface area contributed by atoms with Gasteiger partial charge in [0.1, 0.15) is 0 Å². The molecule has 0 N–H and O–H groups in total. The zero-order valence-corrected chi connectivity index (χ0v) is 16.9. The Morgan fingerprint density at radius 1 is 0.708 bits per heavy atom. The summed E-state index contributed by atoms with van der Waals surface area (Å²) in [6.45, 7) is 7.18. The van der Waals surface area contributed by atoms with Crippen molar-refractivity contribution in [3.63, 3.8) is 0 Å². The summed E-state index contributed by atoms with van der Waals surface area (Å²) >= 11 is 0. The fraction of sp³-hybridized carbons (Fsp3) is 0.955. The average molecular weight is 341 g/mol. The van der Waals surface area contributed by atoms with Crippen molar-refractivity contribution in [1.29, 1.82) is 0 Å². The molecular formula is C22H44O2. The van der Waals surface area contributed by atoms with Gasteiger partial charge in [-0.05, 0) is 18.8 Å². The van der Waals surface area contributed by atoms with E-state index < -0.39 is 0 Å². The van der Waals surface area contributed by atoms with Crippen LogP contribution in [0, 0.1) is 5.92 Å². The van der Waals surface area contributed by atoms with Crippen LogP contribution in [0.5, 0.6) is 0 Å². The number of ether oxygens (including phenoxy) is 1. The largest absolute Gasteiger partial charge is 0.466 e. The van der Waals surface area contributed by atoms with Crippen LogP contribution in [0.1, 0.15) is 124 Å². The number of rotatable bonds is 18. The minimum absolute atomic E-state index is 0.00501. The molecule has 0 aliphatic heterocycles. The highest BCUT2D eigenvalue weighted by Gasteiger charge is 2.03. The second kappa shape index (κ2) is 18.8. The lowest BCUT2D eigenvalue weighted by Crippen LogP contribution is -2.07. The number of unbranched alkanes of at least 4 members (excludes halogenated alkanes) is 13. The molecule has 0 unspecified atom stereocenters. The van der Waals surface area contributed by atoms with Gasteiger partial charge in [-0.25, -0.2) is 0 Å². The molecule has 0 amide bonds. The number of hydrogen-bond acceptors (Lipinski definition) is 2. The molecule has 0 aromatic rings. The van der Waals surface area contributed by atoms with Gasteiger partial charge in [0.15, 0.2) is 0 Å². The molecule has 144 valence electrons. The molecule has 24 heavy (non-hydrogen) atoms. The molecule has 0 bridgehead atoms. The van der Waals surface area contributed by atoms with E-state index in [0.29, 0.717) is 18.9 Å². The first-order valence-corrected chi connectivity index (χ1v) is 10.8. The average Bonchev–Trinajstić information content (AvgIpc) is 2.55. The Kier molecular flexibility index (Phi) is 18.4. The predicted molar refractivity (Wildman–Crippen MR) is 105 cm³/mol. The van der Waals surface area contributed by atoms with Gasteiger partial charge in [0, 0.05) is 6.42 Å². The maximum Gasteiger partial charge on any atom is 0.305 e. The molecule has 0 aliphatic carbocycles. The molecular weight excluding hydrogens is 296 g/mol. The van der Waals surface area contributed by atoms with Gasteiger partial charge in [0.05, 0.1) is 6.61 Å². The Morgan fingerprint density at radius 3 is 1.54 bits per heavy atom. The monoisotopic (exact) mass is 340 g/mol. The molecule has 0 fully saturated rings. The summed E-state index contributed by atoms with van der Waals surface area (Å²) in [6, 6.07) is 0. The van der Waals surface area contributed by atoms with Gasteiger partial charge in [0.2, 0.25) is 0 Å². The standard InChI is InChI=1S/C22H44O2/c1-4-5-6-7-8-9-10-11-12-13-14-15-16-17-18-22(23)24-20-19-21(2)3/h21H,4-20H2,1-3H3. The Labute approximate surface area is 152 Å². The molecule has 0 radical (unpaired) electrons. The van der Waals surface area contributed by atoms with Crippen LogP contribution in [0.3, 0.4) is 0 Å². The molecule has 0 aromatic heterocycles. The zero-order valence-electron chi connectivity index (χ0n) is 16.9. The van der Waals surface area contributed by atoms with Crippen LogP contribution in [0.25, 0.3) is 0 Å². The fourth-order valence-corrected chi connectivity index (χ4v) is 2.94. The van der Waals surface area contributed by atoms with E-state index in [2.05, 4.69) is 20.8 Å². The topological polar surface area (TPSA) is 26.3 Å². The van der Waals surface area contributed by atoms with Crippen LogP contribution < -0.4 is 0 Å². The number of carbonyl (C=O) groups excluding carboxylic acids is 1. The molecule has 0 spiro atoms. The van der Waals surface area contributed by atoms with Gasteiger partial charge < -0.3 is 4.74 Å². The van der Waals surface area contributed by atoms with Crippen LogP contribution in [0.15, 0.2) is 0 Å². The molecule has 0 saturated carbocycles. The van der Waals surface area contributed by atoms with Gasteiger partial charge in [-0.2, -0.15) is 0 Å². The summed E-state index contributed by atoms with van der Waals surface area (Å²) in [5.74, 6) is 0.605. The van der Waals surface area contributed by atoms with Crippen molar-refractivity contribution in [2.45, 2.75) is 124 Å². The second-order valence-corrected chi connectivity index (χ2v) is 7.75. The molecule has 0 aromatic carbocycles. The van der Waals surface area contributed by atoms with Gasteiger partial charge >= 0.3 is 5.97 Å². The third kappa shape index (κ3) is 19.5. The Balaban J connectivity index is 3.10. The molecule has 0 rings (SSSR count). The van der Waals surface area contributed by atoms with E-state index in [1.807, 2.05) is 0 Å². The molecule has 0 saturated heterocycles. The van der Waals surface area contributed by atoms with Crippen LogP contribution >= 0.6 is 0 Å². The highest BCUT2D eigenvalue weighted by atomic mass is 16.5. The molecule has 0 heterocycles. The van der Waals surface area contributed by atoms with Crippen molar-refractivity contribution < 1.29 is 9.53 Å². The van der Waals surface area contributed by atoms with E-state index >= 15 is 0 Å². The molecule has 0 atom stereocenters. The van der Waals surface area contributed by atoms with Crippen LogP contribution in [-0.2, 0) is 9.53 Å². The Bertz CT molecular complexity index is 261. The first-order valence-electron chi connectivity index (χ1n) is 10.8. The lowest BCUT2D eigenvalue weighted by atomic mass is 10.0. The predicted octanol–water partition coefficient (Wildman–Crippen LogP) is 7.45. The summed E-state index contributed by atoms with van der Waals surface area (Å²) in [5, 5.41) is 0. The summed E-state index contributed by atoms with van der Waals surface area (Å²) < 4.78 is 5.23. The van der Waals surface area contributed by atoms with Gasteiger partial charge in [0.25, 0.3) is 0 Å². The highest BCUT2D eigenvalue weighted by molar-refractivity contribution is 5.69. The summed E-state index contributed by atoms with van der Waals surface area (Å²) in [4.78, 5) is 11.5. The third-order valence-corrected chi connectivity index (χ3v) is 4.69. The minimum Gasteiger partial charge on any atom is -0.466 e. The van der Waals surface area contributed by atoms with E-state index in [4.69, 9.17) is 4.74 Å². The quantitative estimate of drug-likeness (QED) is 0.191. The van der Waals surface area contributed by atoms with Crippen molar-refractivity contribution >= 4 is 5.97 Å².